The lowest BCUT2D eigenvalue weighted by Gasteiger charge is -2.11. The molecule has 0 aliphatic heterocycles. The van der Waals surface area contributed by atoms with Gasteiger partial charge >= 0.3 is 0 Å². The second-order valence-electron chi connectivity index (χ2n) is 4.16. The molecule has 0 bridgehead atoms. The van der Waals surface area contributed by atoms with E-state index in [4.69, 9.17) is 21.6 Å². The molecular formula is C16H14ClNO. The van der Waals surface area contributed by atoms with Crippen molar-refractivity contribution in [1.29, 1.82) is 5.26 Å². The standard InChI is InChI=1S/C16H14ClNO/c1-2-12-5-3-4-6-16(12)19-11-14-9-15(17)8-7-13(14)10-18/h3-9H,2,11H2,1H3. The largest absolute Gasteiger partial charge is 0.489 e. The highest BCUT2D eigenvalue weighted by molar-refractivity contribution is 6.30. The maximum Gasteiger partial charge on any atom is 0.122 e. The zero-order valence-corrected chi connectivity index (χ0v) is 11.4. The third-order valence-electron chi connectivity index (χ3n) is 2.92. The molecule has 0 aliphatic carbocycles. The zero-order chi connectivity index (χ0) is 13.7. The van der Waals surface area contributed by atoms with E-state index in [1.165, 1.54) is 0 Å². The van der Waals surface area contributed by atoms with Crippen molar-refractivity contribution >= 4 is 11.6 Å². The molecule has 0 aromatic heterocycles. The zero-order valence-electron chi connectivity index (χ0n) is 10.7. The quantitative estimate of drug-likeness (QED) is 0.828. The van der Waals surface area contributed by atoms with Crippen molar-refractivity contribution < 1.29 is 4.74 Å². The molecule has 2 aromatic carbocycles. The molecule has 0 atom stereocenters. The lowest BCUT2D eigenvalue weighted by molar-refractivity contribution is 0.303. The van der Waals surface area contributed by atoms with Crippen molar-refractivity contribution in [2.75, 3.05) is 0 Å². The minimum Gasteiger partial charge on any atom is -0.489 e. The Morgan fingerprint density at radius 1 is 1.16 bits per heavy atom. The summed E-state index contributed by atoms with van der Waals surface area (Å²) in [4.78, 5) is 0. The van der Waals surface area contributed by atoms with Crippen LogP contribution < -0.4 is 4.74 Å². The first-order valence-electron chi connectivity index (χ1n) is 6.13. The van der Waals surface area contributed by atoms with Crippen LogP contribution in [0, 0.1) is 11.3 Å². The van der Waals surface area contributed by atoms with Gasteiger partial charge in [0.1, 0.15) is 12.4 Å². The van der Waals surface area contributed by atoms with E-state index < -0.39 is 0 Å². The molecule has 0 fully saturated rings. The Morgan fingerprint density at radius 3 is 2.68 bits per heavy atom. The first kappa shape index (κ1) is 13.5. The van der Waals surface area contributed by atoms with Gasteiger partial charge in [0.15, 0.2) is 0 Å². The number of hydrogen-bond acceptors (Lipinski definition) is 2. The number of hydrogen-bond donors (Lipinski definition) is 0. The predicted molar refractivity (Wildman–Crippen MR) is 76.3 cm³/mol. The fourth-order valence-electron chi connectivity index (χ4n) is 1.88. The third kappa shape index (κ3) is 3.27. The number of nitrogens with zero attached hydrogens (tertiary/aromatic N) is 1. The molecule has 0 aliphatic rings. The highest BCUT2D eigenvalue weighted by atomic mass is 35.5. The minimum atomic E-state index is 0.348. The lowest BCUT2D eigenvalue weighted by atomic mass is 10.1. The van der Waals surface area contributed by atoms with Crippen molar-refractivity contribution in [2.24, 2.45) is 0 Å². The number of para-hydroxylation sites is 1. The molecular weight excluding hydrogens is 258 g/mol. The van der Waals surface area contributed by atoms with Gasteiger partial charge in [-0.1, -0.05) is 36.7 Å². The van der Waals surface area contributed by atoms with Crippen LogP contribution in [0.5, 0.6) is 5.75 Å². The van der Waals surface area contributed by atoms with Gasteiger partial charge in [-0.05, 0) is 36.2 Å². The molecule has 0 radical (unpaired) electrons. The van der Waals surface area contributed by atoms with Crippen molar-refractivity contribution in [1.82, 2.24) is 0 Å². The van der Waals surface area contributed by atoms with Crippen LogP contribution in [-0.2, 0) is 13.0 Å². The second kappa shape index (κ2) is 6.26. The summed E-state index contributed by atoms with van der Waals surface area (Å²) in [5.41, 5.74) is 2.56. The summed E-state index contributed by atoms with van der Waals surface area (Å²) in [6.45, 7) is 2.43. The Labute approximate surface area is 118 Å². The Balaban J connectivity index is 2.19. The lowest BCUT2D eigenvalue weighted by Crippen LogP contribution is -2.00. The molecule has 19 heavy (non-hydrogen) atoms. The Morgan fingerprint density at radius 2 is 1.95 bits per heavy atom. The number of rotatable bonds is 4. The van der Waals surface area contributed by atoms with E-state index in [1.807, 2.05) is 24.3 Å². The van der Waals surface area contributed by atoms with E-state index in [-0.39, 0.29) is 0 Å². The van der Waals surface area contributed by atoms with Gasteiger partial charge in [0, 0.05) is 10.6 Å². The molecule has 96 valence electrons. The molecule has 2 aromatic rings. The Kier molecular flexibility index (Phi) is 4.43. The van der Waals surface area contributed by atoms with E-state index in [9.17, 15) is 0 Å². The van der Waals surface area contributed by atoms with Crippen LogP contribution in [-0.4, -0.2) is 0 Å². The van der Waals surface area contributed by atoms with Gasteiger partial charge in [0.05, 0.1) is 11.6 Å². The maximum absolute atomic E-state index is 9.06. The predicted octanol–water partition coefficient (Wildman–Crippen LogP) is 4.35. The smallest absolute Gasteiger partial charge is 0.122 e. The van der Waals surface area contributed by atoms with Crippen LogP contribution in [0.1, 0.15) is 23.6 Å². The molecule has 0 saturated heterocycles. The summed E-state index contributed by atoms with van der Waals surface area (Å²) in [6.07, 6.45) is 0.914. The highest BCUT2D eigenvalue weighted by Crippen LogP contribution is 2.22. The number of nitriles is 1. The fourth-order valence-corrected chi connectivity index (χ4v) is 2.08. The monoisotopic (exact) mass is 271 g/mol. The van der Waals surface area contributed by atoms with Crippen LogP contribution in [0.25, 0.3) is 0 Å². The Bertz CT molecular complexity index is 616. The van der Waals surface area contributed by atoms with Crippen molar-refractivity contribution in [2.45, 2.75) is 20.0 Å². The van der Waals surface area contributed by atoms with Crippen LogP contribution in [0.15, 0.2) is 42.5 Å². The van der Waals surface area contributed by atoms with Gasteiger partial charge in [0.25, 0.3) is 0 Å². The first-order valence-corrected chi connectivity index (χ1v) is 6.51. The average Bonchev–Trinajstić information content (AvgIpc) is 2.45. The van der Waals surface area contributed by atoms with Gasteiger partial charge in [0.2, 0.25) is 0 Å². The second-order valence-corrected chi connectivity index (χ2v) is 4.60. The number of benzene rings is 2. The fraction of sp³-hybridized carbons (Fsp3) is 0.188. The Hall–Kier alpha value is -1.98. The van der Waals surface area contributed by atoms with E-state index >= 15 is 0 Å². The molecule has 0 N–H and O–H groups in total. The molecule has 2 rings (SSSR count). The van der Waals surface area contributed by atoms with E-state index in [0.29, 0.717) is 17.2 Å². The highest BCUT2D eigenvalue weighted by Gasteiger charge is 2.06. The van der Waals surface area contributed by atoms with Gasteiger partial charge in [-0.2, -0.15) is 5.26 Å². The van der Waals surface area contributed by atoms with Crippen LogP contribution in [0.2, 0.25) is 5.02 Å². The van der Waals surface area contributed by atoms with E-state index in [0.717, 1.165) is 23.3 Å². The van der Waals surface area contributed by atoms with Crippen LogP contribution in [0.3, 0.4) is 0 Å². The normalized spacial score (nSPS) is 9.95. The number of halogens is 1. The number of ether oxygens (including phenoxy) is 1. The van der Waals surface area contributed by atoms with Gasteiger partial charge in [-0.25, -0.2) is 0 Å². The van der Waals surface area contributed by atoms with Crippen LogP contribution >= 0.6 is 11.6 Å². The maximum atomic E-state index is 9.06. The first-order chi connectivity index (χ1) is 9.24. The summed E-state index contributed by atoms with van der Waals surface area (Å²) in [6, 6.07) is 15.3. The molecule has 0 heterocycles. The van der Waals surface area contributed by atoms with Gasteiger partial charge < -0.3 is 4.74 Å². The average molecular weight is 272 g/mol. The summed E-state index contributed by atoms with van der Waals surface area (Å²) < 4.78 is 5.80. The molecule has 0 amide bonds. The molecule has 0 unspecified atom stereocenters. The molecule has 0 spiro atoms. The molecule has 2 nitrogen and oxygen atoms in total. The topological polar surface area (TPSA) is 33.0 Å². The minimum absolute atomic E-state index is 0.348. The van der Waals surface area contributed by atoms with E-state index in [1.54, 1.807) is 18.2 Å². The molecule has 0 saturated carbocycles. The van der Waals surface area contributed by atoms with Crippen LogP contribution in [0.4, 0.5) is 0 Å². The SMILES string of the molecule is CCc1ccccc1OCc1cc(Cl)ccc1C#N. The molecule has 3 heteroatoms. The summed E-state index contributed by atoms with van der Waals surface area (Å²) in [5, 5.41) is 9.67. The van der Waals surface area contributed by atoms with E-state index in [2.05, 4.69) is 13.0 Å². The van der Waals surface area contributed by atoms with Crippen molar-refractivity contribution in [3.63, 3.8) is 0 Å². The number of aryl methyl sites for hydroxylation is 1. The van der Waals surface area contributed by atoms with Crippen molar-refractivity contribution in [3.05, 3.63) is 64.2 Å². The summed E-state index contributed by atoms with van der Waals surface area (Å²) in [7, 11) is 0. The van der Waals surface area contributed by atoms with Crippen molar-refractivity contribution in [3.8, 4) is 11.8 Å². The van der Waals surface area contributed by atoms with Gasteiger partial charge in [-0.3, -0.25) is 0 Å². The van der Waals surface area contributed by atoms with Gasteiger partial charge in [-0.15, -0.1) is 0 Å². The summed E-state index contributed by atoms with van der Waals surface area (Å²) in [5.74, 6) is 0.855. The third-order valence-corrected chi connectivity index (χ3v) is 3.16. The summed E-state index contributed by atoms with van der Waals surface area (Å²) >= 11 is 5.95.